The Hall–Kier alpha value is -2.09. The van der Waals surface area contributed by atoms with Gasteiger partial charge in [0.1, 0.15) is 12.0 Å². The number of carbonyl (C=O) groups excluding carboxylic acids is 2. The van der Waals surface area contributed by atoms with Crippen molar-refractivity contribution in [3.8, 4) is 0 Å². The molecule has 1 aliphatic heterocycles. The van der Waals surface area contributed by atoms with Crippen LogP contribution < -0.4 is 16.4 Å². The molecular weight excluding hydrogens is 338 g/mol. The van der Waals surface area contributed by atoms with E-state index in [1.807, 2.05) is 0 Å². The maximum atomic E-state index is 12.8. The molecule has 0 aromatic carbocycles. The lowest BCUT2D eigenvalue weighted by molar-refractivity contribution is -0.130. The highest BCUT2D eigenvalue weighted by Gasteiger charge is 2.44. The first-order valence-corrected chi connectivity index (χ1v) is 9.44. The van der Waals surface area contributed by atoms with E-state index in [-0.39, 0.29) is 29.0 Å². The Morgan fingerprint density at radius 2 is 2.15 bits per heavy atom. The molecule has 142 valence electrons. The third-order valence-electron chi connectivity index (χ3n) is 6.17. The lowest BCUT2D eigenvalue weighted by Crippen LogP contribution is -2.57. The number of aromatic amines is 1. The summed E-state index contributed by atoms with van der Waals surface area (Å²) in [5.41, 5.74) is -0.107. The summed E-state index contributed by atoms with van der Waals surface area (Å²) in [6.07, 6.45) is 7.99. The second-order valence-corrected chi connectivity index (χ2v) is 7.83. The fourth-order valence-corrected chi connectivity index (χ4v) is 4.46. The van der Waals surface area contributed by atoms with Gasteiger partial charge < -0.3 is 19.8 Å². The monoisotopic (exact) mass is 363 g/mol. The van der Waals surface area contributed by atoms with Crippen LogP contribution in [0, 0.1) is 11.8 Å². The van der Waals surface area contributed by atoms with E-state index >= 15 is 0 Å². The van der Waals surface area contributed by atoms with Crippen LogP contribution in [-0.4, -0.2) is 41.6 Å². The zero-order valence-corrected chi connectivity index (χ0v) is 14.7. The summed E-state index contributed by atoms with van der Waals surface area (Å²) in [7, 11) is 0. The molecule has 1 saturated heterocycles. The van der Waals surface area contributed by atoms with Gasteiger partial charge in [0.2, 0.25) is 5.91 Å². The molecule has 0 radical (unpaired) electrons. The summed E-state index contributed by atoms with van der Waals surface area (Å²) in [5.74, 6) is -0.481. The van der Waals surface area contributed by atoms with E-state index in [9.17, 15) is 14.4 Å². The molecule has 26 heavy (non-hydrogen) atoms. The molecule has 3 aliphatic rings. The first-order valence-electron chi connectivity index (χ1n) is 9.44. The number of aromatic nitrogens is 1. The van der Waals surface area contributed by atoms with Crippen LogP contribution in [0.3, 0.4) is 0 Å². The third kappa shape index (κ3) is 3.42. The van der Waals surface area contributed by atoms with Gasteiger partial charge in [0, 0.05) is 18.0 Å². The fraction of sp³-hybridized carbons (Fsp3) is 0.722. The smallest absolute Gasteiger partial charge is 0.416 e. The van der Waals surface area contributed by atoms with Crippen molar-refractivity contribution in [2.45, 2.75) is 56.6 Å². The molecular formula is C18H25N3O5. The van der Waals surface area contributed by atoms with E-state index in [0.717, 1.165) is 44.8 Å². The van der Waals surface area contributed by atoms with Gasteiger partial charge in [0.15, 0.2) is 0 Å². The molecule has 3 atom stereocenters. The second-order valence-electron chi connectivity index (χ2n) is 7.83. The number of amides is 2. The van der Waals surface area contributed by atoms with Gasteiger partial charge in [-0.1, -0.05) is 0 Å². The molecule has 2 amide bonds. The maximum Gasteiger partial charge on any atom is 0.416 e. The molecule has 2 saturated carbocycles. The average Bonchev–Trinajstić information content (AvgIpc) is 3.18. The van der Waals surface area contributed by atoms with E-state index in [1.54, 1.807) is 0 Å². The largest absolute Gasteiger partial charge is 0.416 e. The van der Waals surface area contributed by atoms with Crippen LogP contribution in [-0.2, 0) is 9.53 Å². The van der Waals surface area contributed by atoms with Gasteiger partial charge in [-0.2, -0.15) is 0 Å². The number of rotatable bonds is 6. The predicted molar refractivity (Wildman–Crippen MR) is 91.6 cm³/mol. The SMILES string of the molecule is O=C(NCCC1(NC(=O)[C@@H]2CC[C@H]3C[C@@H]2CO3)CCC1)c1coc(=O)[nH]1. The minimum Gasteiger partial charge on any atom is -0.416 e. The number of nitrogens with one attached hydrogen (secondary N) is 3. The van der Waals surface area contributed by atoms with E-state index < -0.39 is 5.76 Å². The predicted octanol–water partition coefficient (Wildman–Crippen LogP) is 0.942. The van der Waals surface area contributed by atoms with Gasteiger partial charge in [-0.15, -0.1) is 0 Å². The Morgan fingerprint density at radius 3 is 2.85 bits per heavy atom. The van der Waals surface area contributed by atoms with Crippen molar-refractivity contribution in [3.05, 3.63) is 22.5 Å². The molecule has 2 aliphatic carbocycles. The highest BCUT2D eigenvalue weighted by molar-refractivity contribution is 5.91. The van der Waals surface area contributed by atoms with Crippen LogP contribution >= 0.6 is 0 Å². The number of hydrogen-bond acceptors (Lipinski definition) is 5. The van der Waals surface area contributed by atoms with Gasteiger partial charge >= 0.3 is 5.76 Å². The van der Waals surface area contributed by atoms with Crippen molar-refractivity contribution in [2.24, 2.45) is 11.8 Å². The molecule has 0 spiro atoms. The van der Waals surface area contributed by atoms with Gasteiger partial charge in [0.05, 0.1) is 12.7 Å². The highest BCUT2D eigenvalue weighted by Crippen LogP contribution is 2.40. The summed E-state index contributed by atoms with van der Waals surface area (Å²) in [5, 5.41) is 6.05. The van der Waals surface area contributed by atoms with Gasteiger partial charge in [-0.25, -0.2) is 4.79 Å². The van der Waals surface area contributed by atoms with Crippen molar-refractivity contribution < 1.29 is 18.7 Å². The zero-order chi connectivity index (χ0) is 18.1. The quantitative estimate of drug-likeness (QED) is 0.696. The van der Waals surface area contributed by atoms with Crippen molar-refractivity contribution >= 4 is 11.8 Å². The number of hydrogen-bond donors (Lipinski definition) is 3. The molecule has 8 heteroatoms. The Bertz CT molecular complexity index is 735. The van der Waals surface area contributed by atoms with Crippen LogP contribution in [0.4, 0.5) is 0 Å². The lowest BCUT2D eigenvalue weighted by atomic mass is 9.73. The molecule has 3 fully saturated rings. The number of fused-ring (bicyclic) bond motifs is 2. The minimum absolute atomic E-state index is 0.0526. The summed E-state index contributed by atoms with van der Waals surface area (Å²) >= 11 is 0. The molecule has 1 aromatic rings. The summed E-state index contributed by atoms with van der Waals surface area (Å²) in [6.45, 7) is 1.14. The third-order valence-corrected chi connectivity index (χ3v) is 6.17. The molecule has 2 heterocycles. The summed E-state index contributed by atoms with van der Waals surface area (Å²) in [6, 6.07) is 0. The minimum atomic E-state index is -0.650. The van der Waals surface area contributed by atoms with E-state index in [0.29, 0.717) is 31.6 Å². The maximum absolute atomic E-state index is 12.8. The van der Waals surface area contributed by atoms with E-state index in [2.05, 4.69) is 20.0 Å². The van der Waals surface area contributed by atoms with Crippen LogP contribution in [0.1, 0.15) is 55.4 Å². The summed E-state index contributed by atoms with van der Waals surface area (Å²) < 4.78 is 10.3. The lowest BCUT2D eigenvalue weighted by Gasteiger charge is -2.44. The molecule has 3 N–H and O–H groups in total. The normalized spacial score (nSPS) is 29.0. The molecule has 1 aromatic heterocycles. The standard InChI is InChI=1S/C18H25N3O5/c22-15(13-3-2-12-8-11(13)9-25-12)21-18(4-1-5-18)6-7-19-16(23)14-10-26-17(24)20-14/h10-13H,1-9H2,(H,19,23)(H,20,24)(H,21,22)/t11-,12+,13-/m1/s1. The molecule has 4 rings (SSSR count). The van der Waals surface area contributed by atoms with Gasteiger partial charge in [0.25, 0.3) is 5.91 Å². The van der Waals surface area contributed by atoms with Crippen LogP contribution in [0.25, 0.3) is 0 Å². The Kier molecular flexibility index (Phi) is 4.60. The van der Waals surface area contributed by atoms with Crippen molar-refractivity contribution in [1.29, 1.82) is 0 Å². The van der Waals surface area contributed by atoms with Crippen molar-refractivity contribution in [3.63, 3.8) is 0 Å². The van der Waals surface area contributed by atoms with Crippen molar-refractivity contribution in [1.82, 2.24) is 15.6 Å². The topological polar surface area (TPSA) is 113 Å². The number of H-pyrrole nitrogens is 1. The average molecular weight is 363 g/mol. The van der Waals surface area contributed by atoms with Gasteiger partial charge in [-0.05, 0) is 50.9 Å². The van der Waals surface area contributed by atoms with Gasteiger partial charge in [-0.3, -0.25) is 14.6 Å². The van der Waals surface area contributed by atoms with E-state index in [4.69, 9.17) is 4.74 Å². The molecule has 2 bridgehead atoms. The fourth-order valence-electron chi connectivity index (χ4n) is 4.46. The van der Waals surface area contributed by atoms with E-state index in [1.165, 1.54) is 0 Å². The Labute approximate surface area is 151 Å². The highest BCUT2D eigenvalue weighted by atomic mass is 16.5. The summed E-state index contributed by atoms with van der Waals surface area (Å²) in [4.78, 5) is 38.0. The molecule has 0 unspecified atom stereocenters. The first-order chi connectivity index (χ1) is 12.5. The number of carbonyl (C=O) groups is 2. The van der Waals surface area contributed by atoms with Crippen molar-refractivity contribution in [2.75, 3.05) is 13.2 Å². The molecule has 8 nitrogen and oxygen atoms in total. The van der Waals surface area contributed by atoms with Crippen LogP contribution in [0.2, 0.25) is 0 Å². The second kappa shape index (κ2) is 6.90. The Morgan fingerprint density at radius 1 is 1.31 bits per heavy atom. The Balaban J connectivity index is 1.29. The van der Waals surface area contributed by atoms with Crippen LogP contribution in [0.5, 0.6) is 0 Å². The first kappa shape index (κ1) is 17.3. The van der Waals surface area contributed by atoms with Crippen LogP contribution in [0.15, 0.2) is 15.5 Å². The zero-order valence-electron chi connectivity index (χ0n) is 14.7. The number of oxazole rings is 1. The number of ether oxygens (including phenoxy) is 1.